The molecule has 0 aromatic carbocycles. The number of H-pyrrole nitrogens is 1. The van der Waals surface area contributed by atoms with Crippen molar-refractivity contribution in [3.05, 3.63) is 27.7 Å². The summed E-state index contributed by atoms with van der Waals surface area (Å²) in [6.07, 6.45) is 0.888. The van der Waals surface area contributed by atoms with Crippen LogP contribution in [0.4, 0.5) is 5.13 Å². The molecule has 7 heteroatoms. The standard InChI is InChI=1S/C12H15N5OS/c1-13-12-16-15-11(19-12)8-5-7-6-17(2)4-3-9(7)14-10(8)18/h5H,3-4,6H2,1-2H3,(H,13,16)(H,14,18). The second-order valence-electron chi connectivity index (χ2n) is 4.67. The van der Waals surface area contributed by atoms with Crippen molar-refractivity contribution in [3.63, 3.8) is 0 Å². The van der Waals surface area contributed by atoms with Gasteiger partial charge in [-0.2, -0.15) is 0 Å². The third kappa shape index (κ3) is 2.26. The quantitative estimate of drug-likeness (QED) is 0.854. The molecule has 3 rings (SSSR count). The van der Waals surface area contributed by atoms with E-state index in [1.54, 1.807) is 7.05 Å². The number of nitrogens with zero attached hydrogens (tertiary/aromatic N) is 3. The molecule has 0 amide bonds. The van der Waals surface area contributed by atoms with E-state index < -0.39 is 0 Å². The number of aromatic nitrogens is 3. The zero-order valence-corrected chi connectivity index (χ0v) is 11.7. The first kappa shape index (κ1) is 12.3. The number of nitrogens with one attached hydrogen (secondary N) is 2. The normalized spacial score (nSPS) is 15.3. The van der Waals surface area contributed by atoms with Gasteiger partial charge in [0.05, 0.1) is 5.56 Å². The van der Waals surface area contributed by atoms with E-state index in [0.717, 1.165) is 25.2 Å². The molecule has 1 aliphatic rings. The maximum atomic E-state index is 12.1. The lowest BCUT2D eigenvalue weighted by Gasteiger charge is -2.24. The average molecular weight is 277 g/mol. The minimum Gasteiger partial charge on any atom is -0.363 e. The summed E-state index contributed by atoms with van der Waals surface area (Å²) in [4.78, 5) is 17.3. The van der Waals surface area contributed by atoms with E-state index >= 15 is 0 Å². The molecule has 3 heterocycles. The van der Waals surface area contributed by atoms with Gasteiger partial charge in [0, 0.05) is 32.3 Å². The molecule has 2 N–H and O–H groups in total. The third-order valence-corrected chi connectivity index (χ3v) is 4.24. The van der Waals surface area contributed by atoms with Crippen LogP contribution in [0.3, 0.4) is 0 Å². The maximum Gasteiger partial charge on any atom is 0.258 e. The fourth-order valence-corrected chi connectivity index (χ4v) is 2.95. The molecule has 0 fully saturated rings. The fraction of sp³-hybridized carbons (Fsp3) is 0.417. The summed E-state index contributed by atoms with van der Waals surface area (Å²) in [6, 6.07) is 1.95. The molecular formula is C12H15N5OS. The highest BCUT2D eigenvalue weighted by Crippen LogP contribution is 2.25. The summed E-state index contributed by atoms with van der Waals surface area (Å²) in [5, 5.41) is 12.3. The molecule has 0 atom stereocenters. The molecular weight excluding hydrogens is 262 g/mol. The Morgan fingerprint density at radius 2 is 2.32 bits per heavy atom. The monoisotopic (exact) mass is 277 g/mol. The number of likely N-dealkylation sites (N-methyl/N-ethyl adjacent to an activating group) is 1. The summed E-state index contributed by atoms with van der Waals surface area (Å²) in [5.41, 5.74) is 2.74. The number of aromatic amines is 1. The summed E-state index contributed by atoms with van der Waals surface area (Å²) in [7, 11) is 3.87. The minimum atomic E-state index is -0.0814. The van der Waals surface area contributed by atoms with Crippen molar-refractivity contribution in [1.29, 1.82) is 0 Å². The number of hydrogen-bond acceptors (Lipinski definition) is 6. The van der Waals surface area contributed by atoms with Gasteiger partial charge in [0.2, 0.25) is 5.13 Å². The Morgan fingerprint density at radius 1 is 1.47 bits per heavy atom. The van der Waals surface area contributed by atoms with E-state index in [2.05, 4.69) is 32.4 Å². The molecule has 0 unspecified atom stereocenters. The smallest absolute Gasteiger partial charge is 0.258 e. The number of anilines is 1. The van der Waals surface area contributed by atoms with E-state index in [9.17, 15) is 4.79 Å². The first-order valence-electron chi connectivity index (χ1n) is 6.12. The van der Waals surface area contributed by atoms with Crippen molar-refractivity contribution in [2.45, 2.75) is 13.0 Å². The van der Waals surface area contributed by atoms with Crippen LogP contribution in [0, 0.1) is 0 Å². The molecule has 6 nitrogen and oxygen atoms in total. The summed E-state index contributed by atoms with van der Waals surface area (Å²) in [6.45, 7) is 1.84. The Morgan fingerprint density at radius 3 is 3.05 bits per heavy atom. The predicted molar refractivity (Wildman–Crippen MR) is 75.6 cm³/mol. The van der Waals surface area contributed by atoms with Crippen LogP contribution in [-0.2, 0) is 13.0 Å². The number of pyridine rings is 1. The summed E-state index contributed by atoms with van der Waals surface area (Å²) < 4.78 is 0. The average Bonchev–Trinajstić information content (AvgIpc) is 2.87. The molecule has 2 aromatic heterocycles. The molecule has 0 spiro atoms. The zero-order chi connectivity index (χ0) is 13.4. The molecule has 0 bridgehead atoms. The van der Waals surface area contributed by atoms with Crippen LogP contribution in [0.25, 0.3) is 10.6 Å². The Balaban J connectivity index is 2.07. The lowest BCUT2D eigenvalue weighted by Crippen LogP contribution is -2.29. The Kier molecular flexibility index (Phi) is 3.08. The third-order valence-electron chi connectivity index (χ3n) is 3.27. The first-order valence-corrected chi connectivity index (χ1v) is 6.94. The molecule has 100 valence electrons. The molecule has 1 aliphatic heterocycles. The van der Waals surface area contributed by atoms with E-state index in [-0.39, 0.29) is 5.56 Å². The predicted octanol–water partition coefficient (Wildman–Crippen LogP) is 0.923. The molecule has 0 saturated heterocycles. The van der Waals surface area contributed by atoms with Crippen molar-refractivity contribution in [2.24, 2.45) is 0 Å². The van der Waals surface area contributed by atoms with Crippen molar-refractivity contribution >= 4 is 16.5 Å². The van der Waals surface area contributed by atoms with Gasteiger partial charge >= 0.3 is 0 Å². The highest BCUT2D eigenvalue weighted by atomic mass is 32.1. The van der Waals surface area contributed by atoms with Gasteiger partial charge in [-0.15, -0.1) is 10.2 Å². The van der Waals surface area contributed by atoms with Crippen LogP contribution in [0.15, 0.2) is 10.9 Å². The Labute approximate surface area is 114 Å². The van der Waals surface area contributed by atoms with E-state index in [1.165, 1.54) is 16.9 Å². The van der Waals surface area contributed by atoms with Crippen molar-refractivity contribution < 1.29 is 0 Å². The van der Waals surface area contributed by atoms with Crippen LogP contribution >= 0.6 is 11.3 Å². The zero-order valence-electron chi connectivity index (χ0n) is 10.9. The number of fused-ring (bicyclic) bond motifs is 1. The minimum absolute atomic E-state index is 0.0814. The van der Waals surface area contributed by atoms with Gasteiger partial charge in [-0.05, 0) is 18.7 Å². The van der Waals surface area contributed by atoms with Gasteiger partial charge in [-0.25, -0.2) is 0 Å². The van der Waals surface area contributed by atoms with E-state index in [1.807, 2.05) is 6.07 Å². The van der Waals surface area contributed by atoms with Crippen LogP contribution in [0.5, 0.6) is 0 Å². The van der Waals surface area contributed by atoms with Gasteiger partial charge in [0.15, 0.2) is 5.01 Å². The first-order chi connectivity index (χ1) is 9.17. The van der Waals surface area contributed by atoms with Crippen LogP contribution in [-0.4, -0.2) is 40.7 Å². The molecule has 19 heavy (non-hydrogen) atoms. The van der Waals surface area contributed by atoms with Crippen molar-refractivity contribution in [3.8, 4) is 10.6 Å². The van der Waals surface area contributed by atoms with Crippen molar-refractivity contribution in [2.75, 3.05) is 26.0 Å². The van der Waals surface area contributed by atoms with Gasteiger partial charge in [0.1, 0.15) is 0 Å². The molecule has 2 aromatic rings. The molecule has 0 radical (unpaired) electrons. The van der Waals surface area contributed by atoms with Gasteiger partial charge in [-0.3, -0.25) is 4.79 Å². The lowest BCUT2D eigenvalue weighted by molar-refractivity contribution is 0.309. The second kappa shape index (κ2) is 4.75. The Hall–Kier alpha value is -1.73. The molecule has 0 saturated carbocycles. The topological polar surface area (TPSA) is 73.9 Å². The number of hydrogen-bond donors (Lipinski definition) is 2. The van der Waals surface area contributed by atoms with E-state index in [4.69, 9.17) is 0 Å². The highest BCUT2D eigenvalue weighted by Gasteiger charge is 2.18. The van der Waals surface area contributed by atoms with Gasteiger partial charge in [0.25, 0.3) is 5.56 Å². The second-order valence-corrected chi connectivity index (χ2v) is 5.64. The largest absolute Gasteiger partial charge is 0.363 e. The highest BCUT2D eigenvalue weighted by molar-refractivity contribution is 7.18. The SMILES string of the molecule is CNc1nnc(-c2cc3c([nH]c2=O)CCN(C)C3)s1. The summed E-state index contributed by atoms with van der Waals surface area (Å²) >= 11 is 1.38. The van der Waals surface area contributed by atoms with Crippen LogP contribution in [0.2, 0.25) is 0 Å². The maximum absolute atomic E-state index is 12.1. The van der Waals surface area contributed by atoms with Gasteiger partial charge < -0.3 is 15.2 Å². The van der Waals surface area contributed by atoms with E-state index in [0.29, 0.717) is 15.7 Å². The van der Waals surface area contributed by atoms with Gasteiger partial charge in [-0.1, -0.05) is 11.3 Å². The van der Waals surface area contributed by atoms with Crippen LogP contribution in [0.1, 0.15) is 11.3 Å². The Bertz CT molecular complexity index is 662. The van der Waals surface area contributed by atoms with Crippen LogP contribution < -0.4 is 10.9 Å². The lowest BCUT2D eigenvalue weighted by atomic mass is 10.0. The fourth-order valence-electron chi connectivity index (χ4n) is 2.24. The number of rotatable bonds is 2. The summed E-state index contributed by atoms with van der Waals surface area (Å²) in [5.74, 6) is 0. The molecule has 0 aliphatic carbocycles. The van der Waals surface area contributed by atoms with Crippen molar-refractivity contribution in [1.82, 2.24) is 20.1 Å².